The smallest absolute Gasteiger partial charge is 0.406 e. The van der Waals surface area contributed by atoms with Gasteiger partial charge in [0.15, 0.2) is 6.61 Å². The summed E-state index contributed by atoms with van der Waals surface area (Å²) in [4.78, 5) is 25.2. The lowest BCUT2D eigenvalue weighted by atomic mass is 10.1. The third-order valence-corrected chi connectivity index (χ3v) is 4.66. The van der Waals surface area contributed by atoms with E-state index in [9.17, 15) is 22.8 Å². The van der Waals surface area contributed by atoms with Gasteiger partial charge in [0.2, 0.25) is 0 Å². The van der Waals surface area contributed by atoms with E-state index in [1.165, 1.54) is 19.2 Å². The van der Waals surface area contributed by atoms with Crippen molar-refractivity contribution in [1.82, 2.24) is 4.90 Å². The van der Waals surface area contributed by atoms with Crippen LogP contribution in [0.15, 0.2) is 12.1 Å². The van der Waals surface area contributed by atoms with E-state index in [2.05, 4.69) is 0 Å². The van der Waals surface area contributed by atoms with Crippen molar-refractivity contribution < 1.29 is 32.2 Å². The van der Waals surface area contributed by atoms with Gasteiger partial charge in [0.1, 0.15) is 17.9 Å². The van der Waals surface area contributed by atoms with Gasteiger partial charge in [0.25, 0.3) is 5.91 Å². The average molecular weight is 409 g/mol. The number of nitrogens with two attached hydrogens (primary N) is 1. The molecule has 1 amide bonds. The number of anilines is 1. The molecule has 10 heteroatoms. The first kappa shape index (κ1) is 21.1. The van der Waals surface area contributed by atoms with Crippen LogP contribution in [-0.4, -0.2) is 49.3 Å². The van der Waals surface area contributed by atoms with Gasteiger partial charge in [0, 0.05) is 12.1 Å². The number of hydrogen-bond acceptors (Lipinski definition) is 5. The highest BCUT2D eigenvalue weighted by atomic mass is 35.5. The van der Waals surface area contributed by atoms with Crippen molar-refractivity contribution in [2.75, 3.05) is 26.0 Å². The number of alkyl halides is 3. The molecular formula is C17H20ClF3N2O4. The van der Waals surface area contributed by atoms with Crippen molar-refractivity contribution in [3.8, 4) is 5.75 Å². The van der Waals surface area contributed by atoms with Crippen LogP contribution in [-0.2, 0) is 9.53 Å². The zero-order valence-electron chi connectivity index (χ0n) is 14.8. The third-order valence-electron chi connectivity index (χ3n) is 4.33. The number of rotatable bonds is 7. The maximum Gasteiger partial charge on any atom is 0.406 e. The van der Waals surface area contributed by atoms with Crippen LogP contribution in [0.2, 0.25) is 5.02 Å². The van der Waals surface area contributed by atoms with E-state index in [0.717, 1.165) is 12.8 Å². The molecule has 1 aromatic rings. The summed E-state index contributed by atoms with van der Waals surface area (Å²) in [6.07, 6.45) is -3.01. The molecule has 1 atom stereocenters. The van der Waals surface area contributed by atoms with E-state index < -0.39 is 37.2 Å². The molecule has 1 saturated carbocycles. The van der Waals surface area contributed by atoms with Crippen molar-refractivity contribution in [2.24, 2.45) is 5.92 Å². The molecule has 0 radical (unpaired) electrons. The number of esters is 1. The molecule has 0 aromatic heterocycles. The lowest BCUT2D eigenvalue weighted by molar-refractivity contribution is -0.167. The topological polar surface area (TPSA) is 81.9 Å². The zero-order valence-corrected chi connectivity index (χ0v) is 15.6. The fourth-order valence-electron chi connectivity index (χ4n) is 2.67. The second kappa shape index (κ2) is 8.24. The number of methoxy groups -OCH3 is 1. The minimum absolute atomic E-state index is 0.0306. The number of amides is 1. The molecule has 1 aliphatic rings. The molecule has 1 fully saturated rings. The highest BCUT2D eigenvalue weighted by molar-refractivity contribution is 6.33. The normalized spacial score (nSPS) is 15.2. The Morgan fingerprint density at radius 2 is 2.00 bits per heavy atom. The minimum Gasteiger partial charge on any atom is -0.496 e. The van der Waals surface area contributed by atoms with Crippen molar-refractivity contribution in [3.05, 3.63) is 22.7 Å². The van der Waals surface area contributed by atoms with Gasteiger partial charge in [0.05, 0.1) is 17.8 Å². The number of halogens is 4. The number of nitrogen functional groups attached to an aromatic ring is 1. The largest absolute Gasteiger partial charge is 0.496 e. The SMILES string of the molecule is COc1cc(N)c(Cl)cc1C(=O)OCC(=O)N(CC(F)(F)F)C(C)C1CC1. The highest BCUT2D eigenvalue weighted by Crippen LogP contribution is 2.36. The molecule has 1 aromatic carbocycles. The van der Waals surface area contributed by atoms with E-state index in [1.807, 2.05) is 0 Å². The first-order chi connectivity index (χ1) is 12.5. The second-order valence-electron chi connectivity index (χ2n) is 6.36. The van der Waals surface area contributed by atoms with E-state index in [-0.39, 0.29) is 27.9 Å². The van der Waals surface area contributed by atoms with Gasteiger partial charge < -0.3 is 20.1 Å². The van der Waals surface area contributed by atoms with Gasteiger partial charge in [-0.25, -0.2) is 4.79 Å². The van der Waals surface area contributed by atoms with Crippen LogP contribution in [0.3, 0.4) is 0 Å². The Bertz CT molecular complexity index is 723. The lowest BCUT2D eigenvalue weighted by Gasteiger charge is -2.30. The van der Waals surface area contributed by atoms with Crippen LogP contribution in [0.5, 0.6) is 5.75 Å². The predicted octanol–water partition coefficient (Wildman–Crippen LogP) is 3.28. The van der Waals surface area contributed by atoms with Gasteiger partial charge in [-0.1, -0.05) is 11.6 Å². The van der Waals surface area contributed by atoms with Gasteiger partial charge in [-0.15, -0.1) is 0 Å². The Kier molecular flexibility index (Phi) is 6.46. The van der Waals surface area contributed by atoms with Gasteiger partial charge in [-0.2, -0.15) is 13.2 Å². The third kappa shape index (κ3) is 5.66. The summed E-state index contributed by atoms with van der Waals surface area (Å²) in [7, 11) is 1.30. The first-order valence-electron chi connectivity index (χ1n) is 8.20. The standard InChI is InChI=1S/C17H20ClF3N2O4/c1-9(10-3-4-10)23(8-17(19,20)21)15(24)7-27-16(25)11-5-12(18)13(22)6-14(11)26-2/h5-6,9-10H,3-4,7-8,22H2,1-2H3. The van der Waals surface area contributed by atoms with Crippen molar-refractivity contribution >= 4 is 29.2 Å². The van der Waals surface area contributed by atoms with E-state index >= 15 is 0 Å². The fraction of sp³-hybridized carbons (Fsp3) is 0.529. The van der Waals surface area contributed by atoms with Crippen LogP contribution < -0.4 is 10.5 Å². The predicted molar refractivity (Wildman–Crippen MR) is 92.7 cm³/mol. The molecule has 0 heterocycles. The van der Waals surface area contributed by atoms with Crippen LogP contribution in [0.4, 0.5) is 18.9 Å². The fourth-order valence-corrected chi connectivity index (χ4v) is 2.83. The Morgan fingerprint density at radius 3 is 2.52 bits per heavy atom. The maximum atomic E-state index is 12.8. The molecular weight excluding hydrogens is 389 g/mol. The van der Waals surface area contributed by atoms with E-state index in [1.54, 1.807) is 6.92 Å². The van der Waals surface area contributed by atoms with E-state index in [4.69, 9.17) is 26.8 Å². The number of benzene rings is 1. The molecule has 1 unspecified atom stereocenters. The van der Waals surface area contributed by atoms with E-state index in [0.29, 0.717) is 4.90 Å². The molecule has 2 rings (SSSR count). The molecule has 0 spiro atoms. The molecule has 1 aliphatic carbocycles. The molecule has 27 heavy (non-hydrogen) atoms. The minimum atomic E-state index is -4.55. The average Bonchev–Trinajstić information content (AvgIpc) is 3.42. The summed E-state index contributed by atoms with van der Waals surface area (Å²) in [5.41, 5.74) is 5.72. The van der Waals surface area contributed by atoms with Gasteiger partial charge in [-0.3, -0.25) is 4.79 Å². The summed E-state index contributed by atoms with van der Waals surface area (Å²) in [6.45, 7) is -0.652. The Balaban J connectivity index is 2.08. The Labute approximate surface area is 159 Å². The van der Waals surface area contributed by atoms with Crippen LogP contribution in [0, 0.1) is 5.92 Å². The van der Waals surface area contributed by atoms with Crippen molar-refractivity contribution in [2.45, 2.75) is 32.0 Å². The van der Waals surface area contributed by atoms with Crippen LogP contribution in [0.1, 0.15) is 30.1 Å². The molecule has 0 saturated heterocycles. The quantitative estimate of drug-likeness (QED) is 0.553. The summed E-state index contributed by atoms with van der Waals surface area (Å²) >= 11 is 5.87. The summed E-state index contributed by atoms with van der Waals surface area (Å²) < 4.78 is 48.3. The summed E-state index contributed by atoms with van der Waals surface area (Å²) in [5, 5.41) is 0.0788. The molecule has 0 bridgehead atoms. The molecule has 0 aliphatic heterocycles. The molecule has 2 N–H and O–H groups in total. The zero-order chi connectivity index (χ0) is 20.4. The van der Waals surface area contributed by atoms with Crippen molar-refractivity contribution in [3.63, 3.8) is 0 Å². The van der Waals surface area contributed by atoms with Crippen molar-refractivity contribution in [1.29, 1.82) is 0 Å². The number of nitrogens with zero attached hydrogens (tertiary/aromatic N) is 1. The monoisotopic (exact) mass is 408 g/mol. The number of carbonyl (C=O) groups is 2. The second-order valence-corrected chi connectivity index (χ2v) is 6.77. The molecule has 6 nitrogen and oxygen atoms in total. The van der Waals surface area contributed by atoms with Gasteiger partial charge >= 0.3 is 12.1 Å². The number of carbonyl (C=O) groups excluding carboxylic acids is 2. The van der Waals surface area contributed by atoms with Crippen LogP contribution in [0.25, 0.3) is 0 Å². The Hall–Kier alpha value is -2.16. The Morgan fingerprint density at radius 1 is 1.37 bits per heavy atom. The number of hydrogen-bond donors (Lipinski definition) is 1. The maximum absolute atomic E-state index is 12.8. The highest BCUT2D eigenvalue weighted by Gasteiger charge is 2.40. The first-order valence-corrected chi connectivity index (χ1v) is 8.57. The van der Waals surface area contributed by atoms with Crippen LogP contribution >= 0.6 is 11.6 Å². The lowest BCUT2D eigenvalue weighted by Crippen LogP contribution is -2.47. The summed E-state index contributed by atoms with van der Waals surface area (Å²) in [6, 6.07) is 1.94. The molecule has 150 valence electrons. The van der Waals surface area contributed by atoms with Gasteiger partial charge in [-0.05, 0) is 31.7 Å². The number of ether oxygens (including phenoxy) is 2. The summed E-state index contributed by atoms with van der Waals surface area (Å²) in [5.74, 6) is -1.76.